The number of anilines is 2. The number of hydrogen-bond donors (Lipinski definition) is 2. The van der Waals surface area contributed by atoms with Gasteiger partial charge in [0.2, 0.25) is 0 Å². The molecule has 1 saturated heterocycles. The topological polar surface area (TPSA) is 73.0 Å². The standard InChI is InChI=1S/C12H18N4O2/c1-14-5-7-15(8-6-14)10-3-2-4-11(9-10)16(13)12(17)18/h2-4,9H,5-8,13H2,1H3,(H,17,18). The van der Waals surface area contributed by atoms with Crippen molar-refractivity contribution in [2.45, 2.75) is 0 Å². The Hall–Kier alpha value is -1.79. The van der Waals surface area contributed by atoms with Crippen molar-refractivity contribution in [1.29, 1.82) is 0 Å². The number of amides is 1. The molecule has 1 amide bonds. The predicted molar refractivity (Wildman–Crippen MR) is 70.8 cm³/mol. The summed E-state index contributed by atoms with van der Waals surface area (Å²) < 4.78 is 0. The molecule has 6 heteroatoms. The number of rotatable bonds is 2. The average Bonchev–Trinajstić information content (AvgIpc) is 2.38. The number of carbonyl (C=O) groups is 1. The van der Waals surface area contributed by atoms with Gasteiger partial charge in [-0.05, 0) is 25.2 Å². The third kappa shape index (κ3) is 2.72. The number of hydrogen-bond acceptors (Lipinski definition) is 4. The average molecular weight is 250 g/mol. The zero-order valence-electron chi connectivity index (χ0n) is 10.4. The molecule has 0 atom stereocenters. The van der Waals surface area contributed by atoms with E-state index >= 15 is 0 Å². The Balaban J connectivity index is 2.14. The normalized spacial score (nSPS) is 16.7. The smallest absolute Gasteiger partial charge is 0.426 e. The minimum absolute atomic E-state index is 0.485. The summed E-state index contributed by atoms with van der Waals surface area (Å²) in [4.78, 5) is 15.3. The third-order valence-corrected chi connectivity index (χ3v) is 3.18. The van der Waals surface area contributed by atoms with Gasteiger partial charge in [-0.15, -0.1) is 0 Å². The number of carboxylic acid groups (broad SMARTS) is 1. The molecule has 0 saturated carbocycles. The highest BCUT2D eigenvalue weighted by Gasteiger charge is 2.16. The molecule has 98 valence electrons. The van der Waals surface area contributed by atoms with Crippen LogP contribution in [-0.4, -0.2) is 49.3 Å². The van der Waals surface area contributed by atoms with Crippen molar-refractivity contribution in [1.82, 2.24) is 4.90 Å². The Bertz CT molecular complexity index is 430. The second kappa shape index (κ2) is 5.24. The summed E-state index contributed by atoms with van der Waals surface area (Å²) in [6.45, 7) is 3.90. The summed E-state index contributed by atoms with van der Waals surface area (Å²) in [5.41, 5.74) is 1.50. The Morgan fingerprint density at radius 1 is 1.33 bits per heavy atom. The molecule has 1 fully saturated rings. The molecule has 1 aliphatic heterocycles. The van der Waals surface area contributed by atoms with E-state index < -0.39 is 6.09 Å². The second-order valence-electron chi connectivity index (χ2n) is 4.46. The number of benzene rings is 1. The Labute approximate surface area is 106 Å². The molecule has 18 heavy (non-hydrogen) atoms. The molecule has 0 unspecified atom stereocenters. The quantitative estimate of drug-likeness (QED) is 0.461. The SMILES string of the molecule is CN1CCN(c2cccc(N(N)C(=O)O)c2)CC1. The molecule has 6 nitrogen and oxygen atoms in total. The van der Waals surface area contributed by atoms with Gasteiger partial charge in [0.25, 0.3) is 0 Å². The van der Waals surface area contributed by atoms with E-state index in [2.05, 4.69) is 16.8 Å². The number of piperazine rings is 1. The molecular formula is C12H18N4O2. The molecule has 0 radical (unpaired) electrons. The van der Waals surface area contributed by atoms with E-state index in [0.29, 0.717) is 5.69 Å². The van der Waals surface area contributed by atoms with Gasteiger partial charge < -0.3 is 14.9 Å². The minimum Gasteiger partial charge on any atom is -0.464 e. The Morgan fingerprint density at radius 2 is 2.00 bits per heavy atom. The van der Waals surface area contributed by atoms with E-state index in [1.807, 2.05) is 12.1 Å². The molecule has 2 rings (SSSR count). The first kappa shape index (κ1) is 12.7. The van der Waals surface area contributed by atoms with E-state index in [-0.39, 0.29) is 0 Å². The molecule has 1 aromatic rings. The zero-order chi connectivity index (χ0) is 13.1. The van der Waals surface area contributed by atoms with E-state index in [1.54, 1.807) is 12.1 Å². The predicted octanol–water partition coefficient (Wildman–Crippen LogP) is 0.796. The maximum Gasteiger partial charge on any atom is 0.426 e. The summed E-state index contributed by atoms with van der Waals surface area (Å²) in [5, 5.41) is 9.59. The molecule has 3 N–H and O–H groups in total. The van der Waals surface area contributed by atoms with Gasteiger partial charge in [-0.1, -0.05) is 6.07 Å². The summed E-state index contributed by atoms with van der Waals surface area (Å²) in [6, 6.07) is 7.30. The zero-order valence-corrected chi connectivity index (χ0v) is 10.4. The van der Waals surface area contributed by atoms with Crippen molar-refractivity contribution < 1.29 is 9.90 Å². The summed E-state index contributed by atoms with van der Waals surface area (Å²) >= 11 is 0. The highest BCUT2D eigenvalue weighted by atomic mass is 16.4. The summed E-state index contributed by atoms with van der Waals surface area (Å²) in [6.07, 6.45) is -1.16. The molecule has 0 aromatic heterocycles. The van der Waals surface area contributed by atoms with Crippen LogP contribution in [0.5, 0.6) is 0 Å². The first-order valence-corrected chi connectivity index (χ1v) is 5.89. The van der Waals surface area contributed by atoms with Crippen molar-refractivity contribution in [2.24, 2.45) is 5.84 Å². The van der Waals surface area contributed by atoms with Gasteiger partial charge in [0.15, 0.2) is 0 Å². The van der Waals surface area contributed by atoms with Gasteiger partial charge >= 0.3 is 6.09 Å². The molecule has 0 aliphatic carbocycles. The first-order valence-electron chi connectivity index (χ1n) is 5.89. The Morgan fingerprint density at radius 3 is 2.61 bits per heavy atom. The Kier molecular flexibility index (Phi) is 3.69. The fraction of sp³-hybridized carbons (Fsp3) is 0.417. The van der Waals surface area contributed by atoms with Gasteiger partial charge in [-0.3, -0.25) is 0 Å². The maximum absolute atomic E-state index is 10.8. The van der Waals surface area contributed by atoms with Crippen LogP contribution in [0.4, 0.5) is 16.2 Å². The maximum atomic E-state index is 10.8. The van der Waals surface area contributed by atoms with Crippen molar-refractivity contribution >= 4 is 17.5 Å². The lowest BCUT2D eigenvalue weighted by atomic mass is 10.2. The van der Waals surface area contributed by atoms with E-state index in [0.717, 1.165) is 36.9 Å². The molecule has 1 aromatic carbocycles. The lowest BCUT2D eigenvalue weighted by Crippen LogP contribution is -2.44. The van der Waals surface area contributed by atoms with Crippen molar-refractivity contribution in [3.8, 4) is 0 Å². The molecular weight excluding hydrogens is 232 g/mol. The van der Waals surface area contributed by atoms with E-state index in [4.69, 9.17) is 10.9 Å². The van der Waals surface area contributed by atoms with Crippen LogP contribution in [0, 0.1) is 0 Å². The van der Waals surface area contributed by atoms with Gasteiger partial charge in [-0.25, -0.2) is 15.6 Å². The minimum atomic E-state index is -1.16. The van der Waals surface area contributed by atoms with Crippen LogP contribution in [0.25, 0.3) is 0 Å². The van der Waals surface area contributed by atoms with Crippen LogP contribution in [-0.2, 0) is 0 Å². The molecule has 1 aliphatic rings. The first-order chi connectivity index (χ1) is 8.58. The number of nitrogens with two attached hydrogens (primary N) is 1. The van der Waals surface area contributed by atoms with Gasteiger partial charge in [0, 0.05) is 31.9 Å². The van der Waals surface area contributed by atoms with Crippen LogP contribution < -0.4 is 15.8 Å². The summed E-state index contributed by atoms with van der Waals surface area (Å²) in [7, 11) is 2.10. The number of hydrazine groups is 1. The highest BCUT2D eigenvalue weighted by Crippen LogP contribution is 2.22. The van der Waals surface area contributed by atoms with Crippen molar-refractivity contribution in [2.75, 3.05) is 43.1 Å². The van der Waals surface area contributed by atoms with Crippen LogP contribution in [0.1, 0.15) is 0 Å². The highest BCUT2D eigenvalue weighted by molar-refractivity contribution is 5.85. The monoisotopic (exact) mass is 250 g/mol. The summed E-state index contributed by atoms with van der Waals surface area (Å²) in [5.74, 6) is 5.47. The van der Waals surface area contributed by atoms with Crippen LogP contribution in [0.2, 0.25) is 0 Å². The van der Waals surface area contributed by atoms with Gasteiger partial charge in [0.1, 0.15) is 0 Å². The van der Waals surface area contributed by atoms with Crippen LogP contribution in [0.15, 0.2) is 24.3 Å². The molecule has 0 spiro atoms. The second-order valence-corrected chi connectivity index (χ2v) is 4.46. The lowest BCUT2D eigenvalue weighted by molar-refractivity contribution is 0.202. The molecule has 0 bridgehead atoms. The lowest BCUT2D eigenvalue weighted by Gasteiger charge is -2.34. The van der Waals surface area contributed by atoms with E-state index in [9.17, 15) is 4.79 Å². The van der Waals surface area contributed by atoms with Gasteiger partial charge in [0.05, 0.1) is 5.69 Å². The van der Waals surface area contributed by atoms with Crippen LogP contribution in [0.3, 0.4) is 0 Å². The van der Waals surface area contributed by atoms with Crippen LogP contribution >= 0.6 is 0 Å². The van der Waals surface area contributed by atoms with Crippen molar-refractivity contribution in [3.63, 3.8) is 0 Å². The fourth-order valence-electron chi connectivity index (χ4n) is 2.01. The number of likely N-dealkylation sites (N-methyl/N-ethyl adjacent to an activating group) is 1. The van der Waals surface area contributed by atoms with Crippen molar-refractivity contribution in [3.05, 3.63) is 24.3 Å². The molecule has 1 heterocycles. The van der Waals surface area contributed by atoms with E-state index in [1.165, 1.54) is 0 Å². The van der Waals surface area contributed by atoms with Gasteiger partial charge in [-0.2, -0.15) is 0 Å². The largest absolute Gasteiger partial charge is 0.464 e. The number of nitrogens with zero attached hydrogens (tertiary/aromatic N) is 3. The fourth-order valence-corrected chi connectivity index (χ4v) is 2.01. The third-order valence-electron chi connectivity index (χ3n) is 3.18.